The third-order valence-corrected chi connectivity index (χ3v) is 5.25. The lowest BCUT2D eigenvalue weighted by Gasteiger charge is -2.20. The van der Waals surface area contributed by atoms with Crippen molar-refractivity contribution in [1.29, 1.82) is 0 Å². The van der Waals surface area contributed by atoms with Gasteiger partial charge in [-0.1, -0.05) is 12.8 Å². The maximum Gasteiger partial charge on any atom is 0.341 e. The van der Waals surface area contributed by atoms with Crippen LogP contribution in [0.5, 0.6) is 0 Å². The molecule has 0 amide bonds. The summed E-state index contributed by atoms with van der Waals surface area (Å²) in [4.78, 5) is 2.51. The van der Waals surface area contributed by atoms with Gasteiger partial charge in [0.1, 0.15) is 0 Å². The molecule has 0 N–H and O–H groups in total. The fourth-order valence-electron chi connectivity index (χ4n) is 1.86. The molecule has 1 saturated heterocycles. The van der Waals surface area contributed by atoms with Gasteiger partial charge in [-0.05, 0) is 44.9 Å². The highest BCUT2D eigenvalue weighted by atomic mass is 35.8. The summed E-state index contributed by atoms with van der Waals surface area (Å²) < 4.78 is 0. The van der Waals surface area contributed by atoms with E-state index in [4.69, 9.17) is 33.2 Å². The molecule has 1 fully saturated rings. The Morgan fingerprint density at radius 1 is 0.929 bits per heavy atom. The maximum atomic E-state index is 5.83. The Kier molecular flexibility index (Phi) is 6.17. The van der Waals surface area contributed by atoms with Crippen LogP contribution in [0.25, 0.3) is 0 Å². The molecule has 1 rings (SSSR count). The topological polar surface area (TPSA) is 3.24 Å². The van der Waals surface area contributed by atoms with E-state index >= 15 is 0 Å². The molecule has 0 aromatic heterocycles. The molecule has 0 atom stereocenters. The van der Waals surface area contributed by atoms with Crippen LogP contribution in [0.4, 0.5) is 0 Å². The predicted molar refractivity (Wildman–Crippen MR) is 67.6 cm³/mol. The molecule has 84 valence electrons. The van der Waals surface area contributed by atoms with Crippen molar-refractivity contribution < 1.29 is 0 Å². The van der Waals surface area contributed by atoms with E-state index in [0.29, 0.717) is 0 Å². The molecule has 1 aliphatic rings. The third-order valence-electron chi connectivity index (χ3n) is 2.63. The summed E-state index contributed by atoms with van der Waals surface area (Å²) in [7, 11) is 0. The lowest BCUT2D eigenvalue weighted by molar-refractivity contribution is 0.286. The van der Waals surface area contributed by atoms with Crippen molar-refractivity contribution in [3.8, 4) is 0 Å². The summed E-state index contributed by atoms with van der Waals surface area (Å²) >= 11 is 17.5. The quantitative estimate of drug-likeness (QED) is 0.555. The molecule has 0 spiro atoms. The van der Waals surface area contributed by atoms with E-state index in [1.807, 2.05) is 0 Å². The Bertz CT molecular complexity index is 153. The summed E-state index contributed by atoms with van der Waals surface area (Å²) in [5, 5.41) is 0. The zero-order valence-electron chi connectivity index (χ0n) is 8.45. The largest absolute Gasteiger partial charge is 0.341 e. The van der Waals surface area contributed by atoms with Crippen molar-refractivity contribution in [2.24, 2.45) is 0 Å². The second-order valence-electron chi connectivity index (χ2n) is 3.97. The lowest BCUT2D eigenvalue weighted by Crippen LogP contribution is -2.26. The van der Waals surface area contributed by atoms with Crippen LogP contribution < -0.4 is 0 Å². The Labute approximate surface area is 102 Å². The number of rotatable bonds is 4. The summed E-state index contributed by atoms with van der Waals surface area (Å²) in [6, 6.07) is -1.56. The van der Waals surface area contributed by atoms with Gasteiger partial charge in [-0.15, -0.1) is 33.2 Å². The molecular weight excluding hydrogens is 257 g/mol. The van der Waals surface area contributed by atoms with Gasteiger partial charge in [-0.2, -0.15) is 0 Å². The Hall–Kier alpha value is 1.05. The number of halogens is 3. The van der Waals surface area contributed by atoms with E-state index in [0.717, 1.165) is 19.0 Å². The van der Waals surface area contributed by atoms with Crippen LogP contribution >= 0.6 is 33.2 Å². The van der Waals surface area contributed by atoms with Gasteiger partial charge in [0.05, 0.1) is 0 Å². The number of hydrogen-bond donors (Lipinski definition) is 0. The second kappa shape index (κ2) is 6.59. The third kappa shape index (κ3) is 6.52. The van der Waals surface area contributed by atoms with Crippen LogP contribution in [0.1, 0.15) is 32.1 Å². The maximum absolute atomic E-state index is 5.83. The molecule has 0 aromatic carbocycles. The van der Waals surface area contributed by atoms with Crippen molar-refractivity contribution in [1.82, 2.24) is 4.90 Å². The second-order valence-corrected chi connectivity index (χ2v) is 13.3. The molecule has 0 aliphatic carbocycles. The minimum atomic E-state index is -2.36. The van der Waals surface area contributed by atoms with Crippen molar-refractivity contribution in [2.75, 3.05) is 19.6 Å². The van der Waals surface area contributed by atoms with Crippen LogP contribution in [0.2, 0.25) is 6.04 Å². The van der Waals surface area contributed by atoms with Gasteiger partial charge in [0.15, 0.2) is 0 Å². The van der Waals surface area contributed by atoms with E-state index in [2.05, 4.69) is 4.90 Å². The van der Waals surface area contributed by atoms with Gasteiger partial charge in [-0.25, -0.2) is 0 Å². The first-order chi connectivity index (χ1) is 6.58. The van der Waals surface area contributed by atoms with Crippen molar-refractivity contribution >= 4 is 39.2 Å². The van der Waals surface area contributed by atoms with Crippen molar-refractivity contribution in [2.45, 2.75) is 38.1 Å². The summed E-state index contributed by atoms with van der Waals surface area (Å²) in [6.45, 7) is 3.59. The molecule has 1 aliphatic heterocycles. The normalized spacial score (nSPS) is 20.8. The number of nitrogens with zero attached hydrogens (tertiary/aromatic N) is 1. The van der Waals surface area contributed by atoms with Crippen molar-refractivity contribution in [3.63, 3.8) is 0 Å². The van der Waals surface area contributed by atoms with Gasteiger partial charge >= 0.3 is 6.00 Å². The highest BCUT2D eigenvalue weighted by Gasteiger charge is 2.24. The average molecular weight is 275 g/mol. The van der Waals surface area contributed by atoms with E-state index < -0.39 is 6.00 Å². The van der Waals surface area contributed by atoms with Crippen LogP contribution in [-0.4, -0.2) is 30.5 Å². The van der Waals surface area contributed by atoms with Crippen LogP contribution in [0, 0.1) is 0 Å². The minimum Gasteiger partial charge on any atom is -0.303 e. The van der Waals surface area contributed by atoms with Gasteiger partial charge < -0.3 is 4.90 Å². The summed E-state index contributed by atoms with van der Waals surface area (Å²) in [5.74, 6) is 0. The fraction of sp³-hybridized carbons (Fsp3) is 1.00. The van der Waals surface area contributed by atoms with Gasteiger partial charge in [0.2, 0.25) is 0 Å². The standard InChI is InChI=1S/C9H18Cl3NSi/c10-14(11,12)9-5-8-13-6-3-1-2-4-7-13/h1-9H2. The molecule has 1 heterocycles. The molecule has 0 radical (unpaired) electrons. The predicted octanol–water partition coefficient (Wildman–Crippen LogP) is 3.91. The first-order valence-electron chi connectivity index (χ1n) is 5.37. The number of hydrogen-bond acceptors (Lipinski definition) is 1. The van der Waals surface area contributed by atoms with Crippen molar-refractivity contribution in [3.05, 3.63) is 0 Å². The minimum absolute atomic E-state index is 0.800. The highest BCUT2D eigenvalue weighted by molar-refractivity contribution is 7.64. The first-order valence-corrected chi connectivity index (χ1v) is 10.6. The van der Waals surface area contributed by atoms with E-state index in [1.54, 1.807) is 0 Å². The Morgan fingerprint density at radius 3 is 2.00 bits per heavy atom. The summed E-state index contributed by atoms with van der Waals surface area (Å²) in [5.41, 5.74) is 0. The van der Waals surface area contributed by atoms with Crippen LogP contribution in [0.15, 0.2) is 0 Å². The van der Waals surface area contributed by atoms with Crippen LogP contribution in [-0.2, 0) is 0 Å². The van der Waals surface area contributed by atoms with E-state index in [1.165, 1.54) is 38.8 Å². The fourth-order valence-corrected chi connectivity index (χ4v) is 3.62. The molecule has 0 aromatic rings. The Balaban J connectivity index is 2.10. The molecule has 14 heavy (non-hydrogen) atoms. The van der Waals surface area contributed by atoms with Gasteiger partial charge in [0.25, 0.3) is 0 Å². The SMILES string of the molecule is Cl[Si](Cl)(Cl)CCCN1CCCCCC1. The van der Waals surface area contributed by atoms with Gasteiger partial charge in [0, 0.05) is 0 Å². The smallest absolute Gasteiger partial charge is 0.303 e. The monoisotopic (exact) mass is 273 g/mol. The first kappa shape index (κ1) is 13.1. The van der Waals surface area contributed by atoms with E-state index in [-0.39, 0.29) is 0 Å². The molecule has 1 nitrogen and oxygen atoms in total. The Morgan fingerprint density at radius 2 is 1.50 bits per heavy atom. The zero-order chi connectivity index (χ0) is 10.4. The van der Waals surface area contributed by atoms with Gasteiger partial charge in [-0.3, -0.25) is 0 Å². The molecule has 0 bridgehead atoms. The number of likely N-dealkylation sites (tertiary alicyclic amines) is 1. The zero-order valence-corrected chi connectivity index (χ0v) is 11.7. The average Bonchev–Trinajstić information content (AvgIpc) is 2.30. The molecular formula is C9H18Cl3NSi. The highest BCUT2D eigenvalue weighted by Crippen LogP contribution is 2.26. The summed E-state index contributed by atoms with van der Waals surface area (Å²) in [6.07, 6.45) is 6.49. The molecule has 0 saturated carbocycles. The van der Waals surface area contributed by atoms with E-state index in [9.17, 15) is 0 Å². The lowest BCUT2D eigenvalue weighted by atomic mass is 10.2. The molecule has 0 unspecified atom stereocenters. The van der Waals surface area contributed by atoms with Crippen LogP contribution in [0.3, 0.4) is 0 Å². The molecule has 5 heteroatoms.